The van der Waals surface area contributed by atoms with Crippen molar-refractivity contribution in [3.8, 4) is 0 Å². The lowest BCUT2D eigenvalue weighted by Crippen LogP contribution is -2.17. The molecule has 3 aromatic rings. The molecule has 0 atom stereocenters. The molecule has 0 bridgehead atoms. The van der Waals surface area contributed by atoms with Crippen LogP contribution < -0.4 is 11.0 Å². The Morgan fingerprint density at radius 3 is 2.86 bits per heavy atom. The molecule has 0 amide bonds. The fourth-order valence-electron chi connectivity index (χ4n) is 2.01. The third-order valence-corrected chi connectivity index (χ3v) is 4.16. The Kier molecular flexibility index (Phi) is 3.73. The first-order chi connectivity index (χ1) is 10.4. The Labute approximate surface area is 131 Å². The monoisotopic (exact) mass is 321 g/mol. The summed E-state index contributed by atoms with van der Waals surface area (Å²) in [5.74, 6) is 0. The lowest BCUT2D eigenvalue weighted by atomic mass is 9.93. The highest BCUT2D eigenvalue weighted by molar-refractivity contribution is 7.20. The van der Waals surface area contributed by atoms with Crippen LogP contribution in [0.3, 0.4) is 0 Å². The zero-order chi connectivity index (χ0) is 15.7. The number of H-pyrrole nitrogens is 1. The van der Waals surface area contributed by atoms with Crippen LogP contribution >= 0.6 is 11.3 Å². The average molecular weight is 321 g/mol. The van der Waals surface area contributed by atoms with Crippen LogP contribution in [0.1, 0.15) is 32.9 Å². The van der Waals surface area contributed by atoms with Crippen molar-refractivity contribution in [2.75, 3.05) is 11.9 Å². The summed E-state index contributed by atoms with van der Waals surface area (Å²) in [7, 11) is 0. The SMILES string of the molecule is CC(C)(C)c1cn2nc(NCCCn3cn[nH]c3=O)sc2n1. The number of nitrogens with zero attached hydrogens (tertiary/aromatic N) is 5. The minimum absolute atomic E-state index is 0.0267. The van der Waals surface area contributed by atoms with E-state index in [2.05, 4.69) is 46.4 Å². The van der Waals surface area contributed by atoms with Crippen molar-refractivity contribution in [1.82, 2.24) is 29.4 Å². The first kappa shape index (κ1) is 14.8. The van der Waals surface area contributed by atoms with E-state index < -0.39 is 0 Å². The van der Waals surface area contributed by atoms with Gasteiger partial charge >= 0.3 is 5.69 Å². The van der Waals surface area contributed by atoms with Crippen LogP contribution in [0.4, 0.5) is 5.13 Å². The molecular formula is C13H19N7OS. The van der Waals surface area contributed by atoms with Gasteiger partial charge in [-0.1, -0.05) is 32.1 Å². The summed E-state index contributed by atoms with van der Waals surface area (Å²) in [6.45, 7) is 7.77. The topological polar surface area (TPSA) is 92.9 Å². The first-order valence-electron chi connectivity index (χ1n) is 7.14. The van der Waals surface area contributed by atoms with E-state index in [0.29, 0.717) is 6.54 Å². The van der Waals surface area contributed by atoms with Gasteiger partial charge in [0.1, 0.15) is 6.33 Å². The van der Waals surface area contributed by atoms with Crippen molar-refractivity contribution < 1.29 is 0 Å². The van der Waals surface area contributed by atoms with Gasteiger partial charge < -0.3 is 5.32 Å². The molecule has 8 nitrogen and oxygen atoms in total. The molecule has 0 fully saturated rings. The summed E-state index contributed by atoms with van der Waals surface area (Å²) in [4.78, 5) is 16.8. The number of imidazole rings is 1. The lowest BCUT2D eigenvalue weighted by Gasteiger charge is -2.13. The number of nitrogens with one attached hydrogen (secondary N) is 2. The molecule has 0 aromatic carbocycles. The third kappa shape index (κ3) is 3.03. The number of hydrogen-bond acceptors (Lipinski definition) is 6. The van der Waals surface area contributed by atoms with Gasteiger partial charge in [-0.25, -0.2) is 19.4 Å². The van der Waals surface area contributed by atoms with Gasteiger partial charge in [0.05, 0.1) is 11.9 Å². The van der Waals surface area contributed by atoms with Crippen LogP contribution in [0.5, 0.6) is 0 Å². The van der Waals surface area contributed by atoms with E-state index in [0.717, 1.165) is 28.8 Å². The Balaban J connectivity index is 1.57. The van der Waals surface area contributed by atoms with E-state index in [1.165, 1.54) is 17.7 Å². The molecule has 0 aliphatic carbocycles. The quantitative estimate of drug-likeness (QED) is 0.694. The molecule has 3 heterocycles. The van der Waals surface area contributed by atoms with Gasteiger partial charge in [0, 0.05) is 18.5 Å². The molecule has 0 spiro atoms. The van der Waals surface area contributed by atoms with E-state index in [4.69, 9.17) is 0 Å². The molecular weight excluding hydrogens is 302 g/mol. The maximum atomic E-state index is 11.3. The van der Waals surface area contributed by atoms with Gasteiger partial charge in [-0.3, -0.25) is 4.57 Å². The van der Waals surface area contributed by atoms with E-state index >= 15 is 0 Å². The normalized spacial score (nSPS) is 12.1. The molecule has 0 radical (unpaired) electrons. The summed E-state index contributed by atoms with van der Waals surface area (Å²) < 4.78 is 3.36. The molecule has 0 saturated carbocycles. The molecule has 3 rings (SSSR count). The van der Waals surface area contributed by atoms with Crippen LogP contribution in [-0.2, 0) is 12.0 Å². The fraction of sp³-hybridized carbons (Fsp3) is 0.538. The van der Waals surface area contributed by atoms with Crippen LogP contribution in [0.2, 0.25) is 0 Å². The predicted molar refractivity (Wildman–Crippen MR) is 85.5 cm³/mol. The van der Waals surface area contributed by atoms with Gasteiger partial charge in [0.15, 0.2) is 0 Å². The van der Waals surface area contributed by atoms with Crippen molar-refractivity contribution in [3.63, 3.8) is 0 Å². The Hall–Kier alpha value is -2.16. The number of fused-ring (bicyclic) bond motifs is 1. The maximum absolute atomic E-state index is 11.3. The average Bonchev–Trinajstić information content (AvgIpc) is 3.08. The second-order valence-electron chi connectivity index (χ2n) is 6.15. The lowest BCUT2D eigenvalue weighted by molar-refractivity contribution is 0.572. The minimum Gasteiger partial charge on any atom is -0.360 e. The number of anilines is 1. The van der Waals surface area contributed by atoms with E-state index in [9.17, 15) is 4.79 Å². The Morgan fingerprint density at radius 1 is 1.41 bits per heavy atom. The smallest absolute Gasteiger partial charge is 0.343 e. The first-order valence-corrected chi connectivity index (χ1v) is 7.95. The molecule has 2 N–H and O–H groups in total. The molecule has 0 aliphatic heterocycles. The van der Waals surface area contributed by atoms with E-state index in [-0.39, 0.29) is 11.1 Å². The standard InChI is InChI=1S/C13H19N7OS/c1-13(2,3)9-7-20-12(16-9)22-10(18-20)14-5-4-6-19-8-15-17-11(19)21/h7-8H,4-6H2,1-3H3,(H,14,18)(H,17,21). The number of rotatable bonds is 5. The predicted octanol–water partition coefficient (Wildman–Crippen LogP) is 1.48. The summed E-state index contributed by atoms with van der Waals surface area (Å²) in [5, 5.41) is 14.6. The molecule has 3 aromatic heterocycles. The van der Waals surface area contributed by atoms with Crippen LogP contribution in [0.15, 0.2) is 17.3 Å². The van der Waals surface area contributed by atoms with Crippen LogP contribution in [0.25, 0.3) is 4.96 Å². The van der Waals surface area contributed by atoms with Gasteiger partial charge in [0.25, 0.3) is 0 Å². The molecule has 0 unspecified atom stereocenters. The van der Waals surface area contributed by atoms with Gasteiger partial charge in [-0.2, -0.15) is 5.10 Å². The highest BCUT2D eigenvalue weighted by atomic mass is 32.1. The Morgan fingerprint density at radius 2 is 2.23 bits per heavy atom. The zero-order valence-electron chi connectivity index (χ0n) is 12.8. The van der Waals surface area contributed by atoms with Crippen molar-refractivity contribution >= 4 is 21.4 Å². The molecule has 0 saturated heterocycles. The highest BCUT2D eigenvalue weighted by Gasteiger charge is 2.19. The van der Waals surface area contributed by atoms with E-state index in [1.54, 1.807) is 4.57 Å². The van der Waals surface area contributed by atoms with Gasteiger partial charge in [0.2, 0.25) is 10.1 Å². The molecule has 0 aliphatic rings. The second-order valence-corrected chi connectivity index (χ2v) is 7.10. The molecule has 118 valence electrons. The summed E-state index contributed by atoms with van der Waals surface area (Å²) in [5.41, 5.74) is 0.887. The zero-order valence-corrected chi connectivity index (χ0v) is 13.6. The number of aromatic nitrogens is 6. The van der Waals surface area contributed by atoms with Crippen molar-refractivity contribution in [3.05, 3.63) is 28.7 Å². The van der Waals surface area contributed by atoms with Gasteiger partial charge in [-0.05, 0) is 6.42 Å². The van der Waals surface area contributed by atoms with Crippen LogP contribution in [-0.4, -0.2) is 35.9 Å². The van der Waals surface area contributed by atoms with Crippen molar-refractivity contribution in [1.29, 1.82) is 0 Å². The molecule has 9 heteroatoms. The van der Waals surface area contributed by atoms with E-state index in [1.807, 2.05) is 10.7 Å². The number of hydrogen-bond donors (Lipinski definition) is 2. The highest BCUT2D eigenvalue weighted by Crippen LogP contribution is 2.25. The fourth-order valence-corrected chi connectivity index (χ4v) is 2.81. The number of aromatic amines is 1. The largest absolute Gasteiger partial charge is 0.360 e. The van der Waals surface area contributed by atoms with Crippen LogP contribution in [0, 0.1) is 0 Å². The van der Waals surface area contributed by atoms with Crippen molar-refractivity contribution in [2.24, 2.45) is 0 Å². The summed E-state index contributed by atoms with van der Waals surface area (Å²) in [6, 6.07) is 0. The summed E-state index contributed by atoms with van der Waals surface area (Å²) in [6.07, 6.45) is 4.30. The second kappa shape index (κ2) is 5.56. The maximum Gasteiger partial charge on any atom is 0.343 e. The van der Waals surface area contributed by atoms with Crippen molar-refractivity contribution in [2.45, 2.75) is 39.2 Å². The third-order valence-electron chi connectivity index (χ3n) is 3.28. The minimum atomic E-state index is -0.178. The number of aryl methyl sites for hydroxylation is 1. The van der Waals surface area contributed by atoms with Gasteiger partial charge in [-0.15, -0.1) is 5.10 Å². The summed E-state index contributed by atoms with van der Waals surface area (Å²) >= 11 is 1.53. The molecule has 22 heavy (non-hydrogen) atoms. The Bertz CT molecular complexity index is 788.